The maximum Gasteiger partial charge on any atom is 0.258 e. The van der Waals surface area contributed by atoms with Crippen LogP contribution in [0.15, 0.2) is 41.9 Å². The van der Waals surface area contributed by atoms with Gasteiger partial charge in [0.1, 0.15) is 0 Å². The Labute approximate surface area is 196 Å². The number of nitrogens with zero attached hydrogens (tertiary/aromatic N) is 4. The van der Waals surface area contributed by atoms with Crippen molar-refractivity contribution in [1.29, 1.82) is 0 Å². The van der Waals surface area contributed by atoms with Crippen LogP contribution in [0.3, 0.4) is 0 Å². The summed E-state index contributed by atoms with van der Waals surface area (Å²) in [4.78, 5) is 33.7. The number of carbonyl (C=O) groups excluding carboxylic acids is 2. The van der Waals surface area contributed by atoms with Crippen LogP contribution < -0.4 is 10.6 Å². The largest absolute Gasteiger partial charge is 0.326 e. The first kappa shape index (κ1) is 22.6. The Balaban J connectivity index is 1.60. The fourth-order valence-electron chi connectivity index (χ4n) is 3.45. The van der Waals surface area contributed by atoms with E-state index in [1.807, 2.05) is 54.2 Å². The summed E-state index contributed by atoms with van der Waals surface area (Å²) in [6.07, 6.45) is 1.70. The van der Waals surface area contributed by atoms with Crippen LogP contribution in [0.1, 0.15) is 62.6 Å². The summed E-state index contributed by atoms with van der Waals surface area (Å²) in [6.45, 7) is 9.65. The smallest absolute Gasteiger partial charge is 0.258 e. The van der Waals surface area contributed by atoms with Crippen molar-refractivity contribution in [2.45, 2.75) is 46.6 Å². The van der Waals surface area contributed by atoms with E-state index in [0.29, 0.717) is 16.3 Å². The molecule has 170 valence electrons. The van der Waals surface area contributed by atoms with Crippen LogP contribution in [-0.2, 0) is 4.79 Å². The number of nitrogens with one attached hydrogen (secondary N) is 2. The number of hydrogen-bond donors (Lipinski definition) is 2. The molecule has 4 rings (SSSR count). The Hall–Kier alpha value is -3.59. The van der Waals surface area contributed by atoms with E-state index in [1.54, 1.807) is 6.20 Å². The van der Waals surface area contributed by atoms with Gasteiger partial charge in [0.2, 0.25) is 5.91 Å². The molecule has 9 heteroatoms. The molecule has 3 heterocycles. The first-order valence-electron chi connectivity index (χ1n) is 10.8. The van der Waals surface area contributed by atoms with Crippen molar-refractivity contribution in [2.75, 3.05) is 10.6 Å². The molecule has 0 aliphatic carbocycles. The molecular weight excluding hydrogens is 436 g/mol. The molecule has 2 amide bonds. The molecular formula is C24H26N6O2S. The van der Waals surface area contributed by atoms with Crippen LogP contribution in [0, 0.1) is 0 Å². The maximum atomic E-state index is 13.2. The molecule has 33 heavy (non-hydrogen) atoms. The number of pyridine rings is 1. The summed E-state index contributed by atoms with van der Waals surface area (Å²) in [5.74, 6) is -0.191. The van der Waals surface area contributed by atoms with Crippen molar-refractivity contribution in [2.24, 2.45) is 0 Å². The van der Waals surface area contributed by atoms with Gasteiger partial charge in [0, 0.05) is 35.3 Å². The van der Waals surface area contributed by atoms with Gasteiger partial charge in [-0.2, -0.15) is 5.10 Å². The second-order valence-corrected chi connectivity index (χ2v) is 9.28. The summed E-state index contributed by atoms with van der Waals surface area (Å²) in [5, 5.41) is 13.2. The minimum Gasteiger partial charge on any atom is -0.326 e. The quantitative estimate of drug-likeness (QED) is 0.396. The number of thiazole rings is 1. The van der Waals surface area contributed by atoms with E-state index in [-0.39, 0.29) is 23.8 Å². The van der Waals surface area contributed by atoms with Crippen molar-refractivity contribution >= 4 is 45.0 Å². The molecule has 0 fully saturated rings. The standard InChI is InChI=1S/C24H26N6O2S/c1-13(2)20-10-18(19-11-25-30(14(3)4)22(19)27-20)23(32)29-24-28-21(12-33-24)16-6-8-17(9-7-16)26-15(5)31/h6-14H,1-5H3,(H,26,31)(H,28,29,32). The minimum absolute atomic E-state index is 0.119. The van der Waals surface area contributed by atoms with Crippen molar-refractivity contribution < 1.29 is 9.59 Å². The predicted octanol–water partition coefficient (Wildman–Crippen LogP) is 5.47. The first-order chi connectivity index (χ1) is 15.7. The zero-order valence-electron chi connectivity index (χ0n) is 19.2. The van der Waals surface area contributed by atoms with Gasteiger partial charge in [-0.1, -0.05) is 26.0 Å². The second kappa shape index (κ2) is 9.11. The van der Waals surface area contributed by atoms with E-state index < -0.39 is 0 Å². The van der Waals surface area contributed by atoms with E-state index in [9.17, 15) is 9.59 Å². The van der Waals surface area contributed by atoms with Crippen molar-refractivity contribution in [3.8, 4) is 11.3 Å². The highest BCUT2D eigenvalue weighted by atomic mass is 32.1. The summed E-state index contributed by atoms with van der Waals surface area (Å²) >= 11 is 1.36. The molecule has 2 N–H and O–H groups in total. The van der Waals surface area contributed by atoms with E-state index in [2.05, 4.69) is 34.6 Å². The van der Waals surface area contributed by atoms with Gasteiger partial charge < -0.3 is 5.32 Å². The van der Waals surface area contributed by atoms with Gasteiger partial charge in [-0.3, -0.25) is 14.9 Å². The molecule has 4 aromatic rings. The third kappa shape index (κ3) is 4.78. The third-order valence-electron chi connectivity index (χ3n) is 5.14. The van der Waals surface area contributed by atoms with Gasteiger partial charge in [0.15, 0.2) is 10.8 Å². The monoisotopic (exact) mass is 462 g/mol. The molecule has 0 spiro atoms. The van der Waals surface area contributed by atoms with E-state index in [1.165, 1.54) is 18.3 Å². The molecule has 0 saturated carbocycles. The molecule has 1 aromatic carbocycles. The topological polar surface area (TPSA) is 102 Å². The van der Waals surface area contributed by atoms with Crippen molar-refractivity contribution in [1.82, 2.24) is 19.7 Å². The van der Waals surface area contributed by atoms with Crippen molar-refractivity contribution in [3.63, 3.8) is 0 Å². The Morgan fingerprint density at radius 2 is 1.76 bits per heavy atom. The van der Waals surface area contributed by atoms with Crippen LogP contribution in [-0.4, -0.2) is 31.6 Å². The Morgan fingerprint density at radius 3 is 2.39 bits per heavy atom. The highest BCUT2D eigenvalue weighted by Crippen LogP contribution is 2.28. The van der Waals surface area contributed by atoms with Gasteiger partial charge in [-0.15, -0.1) is 11.3 Å². The highest BCUT2D eigenvalue weighted by Gasteiger charge is 2.20. The fraction of sp³-hybridized carbons (Fsp3) is 0.292. The zero-order valence-corrected chi connectivity index (χ0v) is 20.0. The number of rotatable bonds is 6. The predicted molar refractivity (Wildman–Crippen MR) is 132 cm³/mol. The van der Waals surface area contributed by atoms with Crippen LogP contribution >= 0.6 is 11.3 Å². The summed E-state index contributed by atoms with van der Waals surface area (Å²) in [5.41, 5.74) is 4.45. The molecule has 0 atom stereocenters. The maximum absolute atomic E-state index is 13.2. The van der Waals surface area contributed by atoms with Crippen LogP contribution in [0.5, 0.6) is 0 Å². The van der Waals surface area contributed by atoms with E-state index in [0.717, 1.165) is 28.0 Å². The third-order valence-corrected chi connectivity index (χ3v) is 5.90. The molecule has 3 aromatic heterocycles. The molecule has 0 saturated heterocycles. The lowest BCUT2D eigenvalue weighted by atomic mass is 10.0. The van der Waals surface area contributed by atoms with Crippen molar-refractivity contribution in [3.05, 3.63) is 53.2 Å². The number of anilines is 2. The Bertz CT molecular complexity index is 1320. The van der Waals surface area contributed by atoms with Gasteiger partial charge in [0.05, 0.1) is 22.8 Å². The van der Waals surface area contributed by atoms with Crippen LogP contribution in [0.4, 0.5) is 10.8 Å². The van der Waals surface area contributed by atoms with E-state index >= 15 is 0 Å². The van der Waals surface area contributed by atoms with Crippen LogP contribution in [0.25, 0.3) is 22.3 Å². The van der Waals surface area contributed by atoms with Gasteiger partial charge in [0.25, 0.3) is 5.91 Å². The van der Waals surface area contributed by atoms with Gasteiger partial charge in [-0.05, 0) is 38.0 Å². The molecule has 8 nitrogen and oxygen atoms in total. The molecule has 0 aliphatic rings. The summed E-state index contributed by atoms with van der Waals surface area (Å²) < 4.78 is 1.84. The lowest BCUT2D eigenvalue weighted by molar-refractivity contribution is -0.114. The second-order valence-electron chi connectivity index (χ2n) is 8.42. The summed E-state index contributed by atoms with van der Waals surface area (Å²) in [7, 11) is 0. The van der Waals surface area contributed by atoms with Crippen LogP contribution in [0.2, 0.25) is 0 Å². The molecule has 0 aliphatic heterocycles. The number of hydrogen-bond acceptors (Lipinski definition) is 6. The average molecular weight is 463 g/mol. The number of amides is 2. The molecule has 0 bridgehead atoms. The summed E-state index contributed by atoms with van der Waals surface area (Å²) in [6, 6.07) is 9.38. The normalized spacial score (nSPS) is 11.4. The minimum atomic E-state index is -0.241. The van der Waals surface area contributed by atoms with Gasteiger partial charge in [-0.25, -0.2) is 14.6 Å². The lowest BCUT2D eigenvalue weighted by Gasteiger charge is -2.12. The van der Waals surface area contributed by atoms with Gasteiger partial charge >= 0.3 is 0 Å². The highest BCUT2D eigenvalue weighted by molar-refractivity contribution is 7.14. The fourth-order valence-corrected chi connectivity index (χ4v) is 4.17. The number of aromatic nitrogens is 4. The molecule has 0 radical (unpaired) electrons. The zero-order chi connectivity index (χ0) is 23.7. The Morgan fingerprint density at radius 1 is 1.03 bits per heavy atom. The number of fused-ring (bicyclic) bond motifs is 1. The Kier molecular flexibility index (Phi) is 6.24. The molecule has 0 unspecified atom stereocenters. The lowest BCUT2D eigenvalue weighted by Crippen LogP contribution is -2.14. The first-order valence-corrected chi connectivity index (χ1v) is 11.6. The van der Waals surface area contributed by atoms with E-state index in [4.69, 9.17) is 4.98 Å². The number of benzene rings is 1. The average Bonchev–Trinajstić information content (AvgIpc) is 3.40. The number of carbonyl (C=O) groups is 2. The SMILES string of the molecule is CC(=O)Nc1ccc(-c2csc(NC(=O)c3cc(C(C)C)nc4c3cnn4C(C)C)n2)cc1.